The van der Waals surface area contributed by atoms with Crippen LogP contribution in [-0.2, 0) is 4.79 Å². The van der Waals surface area contributed by atoms with E-state index in [2.05, 4.69) is 42.9 Å². The van der Waals surface area contributed by atoms with E-state index in [-0.39, 0.29) is 11.9 Å². The van der Waals surface area contributed by atoms with Crippen molar-refractivity contribution in [3.8, 4) is 29.1 Å². The molecule has 0 unspecified atom stereocenters. The summed E-state index contributed by atoms with van der Waals surface area (Å²) in [6, 6.07) is 7.94. The summed E-state index contributed by atoms with van der Waals surface area (Å²) < 4.78 is 5.16. The van der Waals surface area contributed by atoms with Crippen molar-refractivity contribution >= 4 is 14.0 Å². The van der Waals surface area contributed by atoms with Gasteiger partial charge in [-0.15, -0.1) is 5.54 Å². The van der Waals surface area contributed by atoms with Crippen LogP contribution in [0.25, 0.3) is 0 Å². The average molecular weight is 368 g/mol. The van der Waals surface area contributed by atoms with Crippen LogP contribution in [0.3, 0.4) is 0 Å². The Labute approximate surface area is 159 Å². The van der Waals surface area contributed by atoms with Crippen molar-refractivity contribution in [2.75, 3.05) is 13.7 Å². The van der Waals surface area contributed by atoms with Gasteiger partial charge in [0.15, 0.2) is 0 Å². The van der Waals surface area contributed by atoms with E-state index >= 15 is 0 Å². The van der Waals surface area contributed by atoms with Gasteiger partial charge in [0.1, 0.15) is 13.8 Å². The van der Waals surface area contributed by atoms with Gasteiger partial charge in [0.05, 0.1) is 13.7 Å². The highest BCUT2D eigenvalue weighted by molar-refractivity contribution is 6.84. The Bertz CT molecular complexity index is 720. The summed E-state index contributed by atoms with van der Waals surface area (Å²) in [6.07, 6.45) is 5.75. The second-order valence-electron chi connectivity index (χ2n) is 7.76. The van der Waals surface area contributed by atoms with Crippen LogP contribution in [0.15, 0.2) is 24.3 Å². The molecule has 26 heavy (non-hydrogen) atoms. The number of methoxy groups -OCH3 is 1. The molecule has 1 aromatic rings. The maximum Gasteiger partial charge on any atom is 0.298 e. The summed E-state index contributed by atoms with van der Waals surface area (Å²) >= 11 is 0. The van der Waals surface area contributed by atoms with E-state index < -0.39 is 8.07 Å². The summed E-state index contributed by atoms with van der Waals surface area (Å²) in [7, 11) is 0.0838. The number of carbonyl (C=O) groups excluding carboxylic acids is 1. The third-order valence-electron chi connectivity index (χ3n) is 4.39. The molecular weight excluding hydrogens is 338 g/mol. The molecular formula is C22H29NO2Si. The molecule has 0 aromatic heterocycles. The van der Waals surface area contributed by atoms with Crippen molar-refractivity contribution in [1.29, 1.82) is 0 Å². The topological polar surface area (TPSA) is 29.5 Å². The average Bonchev–Trinajstić information content (AvgIpc) is 2.64. The molecule has 1 fully saturated rings. The lowest BCUT2D eigenvalue weighted by Crippen LogP contribution is -2.41. The normalized spacial score (nSPS) is 14.5. The summed E-state index contributed by atoms with van der Waals surface area (Å²) in [5, 5.41) is 0. The Hall–Kier alpha value is -2.17. The lowest BCUT2D eigenvalue weighted by atomic mass is 9.94. The van der Waals surface area contributed by atoms with Gasteiger partial charge in [-0.05, 0) is 43.0 Å². The standard InChI is InChI=1S/C22H29NO2Si/c1-25-21-14-12-19(13-15-21)9-8-17-23(20-10-6-5-7-11-20)22(24)16-18-26(2,3)4/h12-15,20H,5-7,10-11,17H2,1-4H3. The molecule has 138 valence electrons. The molecule has 0 saturated heterocycles. The molecule has 4 heteroatoms. The number of ether oxygens (including phenoxy) is 1. The quantitative estimate of drug-likeness (QED) is 0.595. The van der Waals surface area contributed by atoms with E-state index in [1.54, 1.807) is 7.11 Å². The maximum atomic E-state index is 12.7. The zero-order chi connectivity index (χ0) is 19.0. The van der Waals surface area contributed by atoms with Gasteiger partial charge < -0.3 is 9.64 Å². The van der Waals surface area contributed by atoms with Gasteiger partial charge in [0.25, 0.3) is 5.91 Å². The molecule has 1 saturated carbocycles. The van der Waals surface area contributed by atoms with Gasteiger partial charge in [-0.1, -0.05) is 50.7 Å². The first-order valence-electron chi connectivity index (χ1n) is 9.36. The largest absolute Gasteiger partial charge is 0.497 e. The Morgan fingerprint density at radius 2 is 1.81 bits per heavy atom. The number of rotatable bonds is 3. The monoisotopic (exact) mass is 367 g/mol. The molecule has 1 aliphatic carbocycles. The van der Waals surface area contributed by atoms with Crippen LogP contribution < -0.4 is 4.74 Å². The number of nitrogens with zero attached hydrogens (tertiary/aromatic N) is 1. The molecule has 0 atom stereocenters. The van der Waals surface area contributed by atoms with Crippen LogP contribution >= 0.6 is 0 Å². The number of carbonyl (C=O) groups is 1. The minimum Gasteiger partial charge on any atom is -0.497 e. The fraction of sp³-hybridized carbons (Fsp3) is 0.500. The number of benzene rings is 1. The second-order valence-corrected chi connectivity index (χ2v) is 12.5. The van der Waals surface area contributed by atoms with E-state index in [4.69, 9.17) is 4.74 Å². The van der Waals surface area contributed by atoms with Crippen molar-refractivity contribution in [2.45, 2.75) is 57.8 Å². The smallest absolute Gasteiger partial charge is 0.298 e. The first kappa shape index (κ1) is 20.1. The number of hydrogen-bond acceptors (Lipinski definition) is 2. The van der Waals surface area contributed by atoms with Gasteiger partial charge in [0.2, 0.25) is 0 Å². The second kappa shape index (κ2) is 9.50. The molecule has 0 bridgehead atoms. The van der Waals surface area contributed by atoms with Gasteiger partial charge in [0, 0.05) is 11.6 Å². The van der Waals surface area contributed by atoms with Gasteiger partial charge in [-0.25, -0.2) is 0 Å². The summed E-state index contributed by atoms with van der Waals surface area (Å²) in [6.45, 7) is 6.90. The fourth-order valence-corrected chi connectivity index (χ4v) is 3.46. The van der Waals surface area contributed by atoms with Crippen molar-refractivity contribution in [1.82, 2.24) is 4.90 Å². The van der Waals surface area contributed by atoms with Gasteiger partial charge in [-0.2, -0.15) is 0 Å². The number of hydrogen-bond donors (Lipinski definition) is 0. The number of amides is 1. The third kappa shape index (κ3) is 6.62. The Balaban J connectivity index is 2.11. The third-order valence-corrected chi connectivity index (χ3v) is 5.27. The molecule has 1 aromatic carbocycles. The van der Waals surface area contributed by atoms with E-state index in [9.17, 15) is 4.79 Å². The van der Waals surface area contributed by atoms with E-state index in [1.807, 2.05) is 29.2 Å². The van der Waals surface area contributed by atoms with Crippen LogP contribution in [0.4, 0.5) is 0 Å². The lowest BCUT2D eigenvalue weighted by molar-refractivity contribution is -0.127. The van der Waals surface area contributed by atoms with Crippen LogP contribution in [-0.4, -0.2) is 38.6 Å². The summed E-state index contributed by atoms with van der Waals surface area (Å²) in [4.78, 5) is 14.6. The molecule has 0 radical (unpaired) electrons. The zero-order valence-electron chi connectivity index (χ0n) is 16.4. The summed E-state index contributed by atoms with van der Waals surface area (Å²) in [5.41, 5.74) is 4.12. The minimum atomic E-state index is -1.56. The Morgan fingerprint density at radius 1 is 1.15 bits per heavy atom. The van der Waals surface area contributed by atoms with Crippen molar-refractivity contribution in [3.05, 3.63) is 29.8 Å². The molecule has 1 aliphatic rings. The highest BCUT2D eigenvalue weighted by Gasteiger charge is 2.24. The molecule has 0 N–H and O–H groups in total. The molecule has 0 spiro atoms. The van der Waals surface area contributed by atoms with E-state index in [0.717, 1.165) is 24.2 Å². The summed E-state index contributed by atoms with van der Waals surface area (Å²) in [5.74, 6) is 9.97. The van der Waals surface area contributed by atoms with Crippen LogP contribution in [0.2, 0.25) is 19.6 Å². The van der Waals surface area contributed by atoms with Crippen LogP contribution in [0.5, 0.6) is 5.75 Å². The van der Waals surface area contributed by atoms with Crippen molar-refractivity contribution in [3.63, 3.8) is 0 Å². The lowest BCUT2D eigenvalue weighted by Gasteiger charge is -2.31. The van der Waals surface area contributed by atoms with Gasteiger partial charge >= 0.3 is 0 Å². The molecule has 0 heterocycles. The Kier molecular flexibility index (Phi) is 7.36. The van der Waals surface area contributed by atoms with E-state index in [0.29, 0.717) is 6.54 Å². The first-order chi connectivity index (χ1) is 12.4. The van der Waals surface area contributed by atoms with Crippen LogP contribution in [0.1, 0.15) is 37.7 Å². The SMILES string of the molecule is COc1ccc(C#CCN(C(=O)C#C[Si](C)(C)C)C2CCCCC2)cc1. The zero-order valence-corrected chi connectivity index (χ0v) is 17.4. The highest BCUT2D eigenvalue weighted by Crippen LogP contribution is 2.22. The Morgan fingerprint density at radius 3 is 2.38 bits per heavy atom. The van der Waals surface area contributed by atoms with E-state index in [1.165, 1.54) is 19.3 Å². The van der Waals surface area contributed by atoms with Crippen LogP contribution in [0, 0.1) is 23.3 Å². The molecule has 2 rings (SSSR count). The van der Waals surface area contributed by atoms with Crippen molar-refractivity contribution < 1.29 is 9.53 Å². The minimum absolute atomic E-state index is 0.0663. The fourth-order valence-electron chi connectivity index (χ4n) is 2.97. The van der Waals surface area contributed by atoms with Gasteiger partial charge in [-0.3, -0.25) is 4.79 Å². The molecule has 0 aliphatic heterocycles. The highest BCUT2D eigenvalue weighted by atomic mass is 28.3. The predicted molar refractivity (Wildman–Crippen MR) is 110 cm³/mol. The van der Waals surface area contributed by atoms with Crippen molar-refractivity contribution in [2.24, 2.45) is 0 Å². The maximum absolute atomic E-state index is 12.7. The predicted octanol–water partition coefficient (Wildman–Crippen LogP) is 4.09. The molecule has 1 amide bonds. The first-order valence-corrected chi connectivity index (χ1v) is 12.9. The molecule has 3 nitrogen and oxygen atoms in total.